The lowest BCUT2D eigenvalue weighted by molar-refractivity contribution is -0.147. The number of rotatable bonds is 7. The monoisotopic (exact) mass is 353 g/mol. The molecule has 2 rings (SSSR count). The number of esters is 1. The molecule has 1 fully saturated rings. The number of nitrogens with one attached hydrogen (secondary N) is 1. The van der Waals surface area contributed by atoms with E-state index in [2.05, 4.69) is 4.72 Å². The standard InChI is InChI=1S/C17H23NO5S/c1-12(23-16(19)11-13-5-3-4-6-13)17(20)14-7-9-15(10-8-14)18-24(2,21)22/h7-10,12-13,18H,3-6,11H2,1-2H3. The second-order valence-electron chi connectivity index (χ2n) is 6.30. The Labute approximate surface area is 142 Å². The highest BCUT2D eigenvalue weighted by molar-refractivity contribution is 7.92. The Balaban J connectivity index is 1.91. The van der Waals surface area contributed by atoms with Gasteiger partial charge in [-0.2, -0.15) is 0 Å². The number of hydrogen-bond acceptors (Lipinski definition) is 5. The number of sulfonamides is 1. The number of ketones is 1. The Morgan fingerprint density at radius 3 is 2.33 bits per heavy atom. The first kappa shape index (κ1) is 18.4. The third-order valence-electron chi connectivity index (χ3n) is 4.08. The Morgan fingerprint density at radius 1 is 1.21 bits per heavy atom. The molecule has 0 heterocycles. The van der Waals surface area contributed by atoms with Crippen molar-refractivity contribution in [1.82, 2.24) is 0 Å². The number of carbonyl (C=O) groups is 2. The predicted octanol–water partition coefficient (Wildman–Crippen LogP) is 2.75. The van der Waals surface area contributed by atoms with E-state index in [0.29, 0.717) is 23.6 Å². The van der Waals surface area contributed by atoms with Crippen LogP contribution in [-0.2, 0) is 19.6 Å². The summed E-state index contributed by atoms with van der Waals surface area (Å²) in [4.78, 5) is 24.2. The minimum absolute atomic E-state index is 0.305. The van der Waals surface area contributed by atoms with Gasteiger partial charge in [0.2, 0.25) is 15.8 Å². The van der Waals surface area contributed by atoms with Crippen molar-refractivity contribution in [3.63, 3.8) is 0 Å². The average molecular weight is 353 g/mol. The molecule has 0 bridgehead atoms. The van der Waals surface area contributed by atoms with Crippen molar-refractivity contribution in [3.05, 3.63) is 29.8 Å². The number of ether oxygens (including phenoxy) is 1. The van der Waals surface area contributed by atoms with Gasteiger partial charge in [-0.05, 0) is 49.9 Å². The zero-order chi connectivity index (χ0) is 17.7. The Bertz CT molecular complexity index is 690. The van der Waals surface area contributed by atoms with Gasteiger partial charge in [0.1, 0.15) is 0 Å². The quantitative estimate of drug-likeness (QED) is 0.601. The zero-order valence-electron chi connectivity index (χ0n) is 13.9. The molecule has 0 radical (unpaired) electrons. The lowest BCUT2D eigenvalue weighted by Gasteiger charge is -2.14. The van der Waals surface area contributed by atoms with Gasteiger partial charge in [0.15, 0.2) is 6.10 Å². The number of anilines is 1. The van der Waals surface area contributed by atoms with Crippen molar-refractivity contribution in [2.75, 3.05) is 11.0 Å². The SMILES string of the molecule is CC(OC(=O)CC1CCCC1)C(=O)c1ccc(NS(C)(=O)=O)cc1. The fourth-order valence-corrected chi connectivity index (χ4v) is 3.46. The van der Waals surface area contributed by atoms with Gasteiger partial charge in [-0.1, -0.05) is 12.8 Å². The second-order valence-corrected chi connectivity index (χ2v) is 8.05. The number of hydrogen-bond donors (Lipinski definition) is 1. The largest absolute Gasteiger partial charge is 0.454 e. The maximum absolute atomic E-state index is 12.3. The molecule has 0 amide bonds. The van der Waals surface area contributed by atoms with E-state index >= 15 is 0 Å². The molecule has 132 valence electrons. The van der Waals surface area contributed by atoms with Crippen molar-refractivity contribution in [2.24, 2.45) is 5.92 Å². The summed E-state index contributed by atoms with van der Waals surface area (Å²) in [5.41, 5.74) is 0.746. The number of benzene rings is 1. The van der Waals surface area contributed by atoms with Gasteiger partial charge in [0.05, 0.1) is 6.26 Å². The van der Waals surface area contributed by atoms with Crippen LogP contribution >= 0.6 is 0 Å². The highest BCUT2D eigenvalue weighted by Gasteiger charge is 2.23. The molecule has 0 aliphatic heterocycles. The first-order chi connectivity index (χ1) is 11.2. The van der Waals surface area contributed by atoms with E-state index in [1.807, 2.05) is 0 Å². The van der Waals surface area contributed by atoms with Crippen molar-refractivity contribution < 1.29 is 22.7 Å². The smallest absolute Gasteiger partial charge is 0.306 e. The van der Waals surface area contributed by atoms with Crippen LogP contribution in [0.1, 0.15) is 49.4 Å². The highest BCUT2D eigenvalue weighted by Crippen LogP contribution is 2.28. The van der Waals surface area contributed by atoms with Crippen molar-refractivity contribution >= 4 is 27.5 Å². The molecule has 1 atom stereocenters. The first-order valence-corrected chi connectivity index (χ1v) is 9.95. The molecule has 24 heavy (non-hydrogen) atoms. The van der Waals surface area contributed by atoms with E-state index in [1.165, 1.54) is 24.3 Å². The summed E-state index contributed by atoms with van der Waals surface area (Å²) in [5, 5.41) is 0. The van der Waals surface area contributed by atoms with Gasteiger partial charge in [0.25, 0.3) is 0 Å². The fourth-order valence-electron chi connectivity index (χ4n) is 2.90. The number of Topliss-reactive ketones (excluding diaryl/α,β-unsaturated/α-hetero) is 1. The molecule has 1 aliphatic carbocycles. The van der Waals surface area contributed by atoms with Gasteiger partial charge < -0.3 is 4.74 Å². The summed E-state index contributed by atoms with van der Waals surface area (Å²) in [6.45, 7) is 1.55. The molecule has 1 unspecified atom stereocenters. The van der Waals surface area contributed by atoms with Crippen LogP contribution in [0.3, 0.4) is 0 Å². The maximum Gasteiger partial charge on any atom is 0.306 e. The Morgan fingerprint density at radius 2 is 1.79 bits per heavy atom. The fraction of sp³-hybridized carbons (Fsp3) is 0.529. The topological polar surface area (TPSA) is 89.5 Å². The van der Waals surface area contributed by atoms with Crippen LogP contribution in [0.15, 0.2) is 24.3 Å². The summed E-state index contributed by atoms with van der Waals surface area (Å²) in [6.07, 6.45) is 4.97. The maximum atomic E-state index is 12.3. The van der Waals surface area contributed by atoms with Crippen LogP contribution in [0.2, 0.25) is 0 Å². The molecule has 0 saturated heterocycles. The van der Waals surface area contributed by atoms with Crippen LogP contribution < -0.4 is 4.72 Å². The Hall–Kier alpha value is -1.89. The first-order valence-electron chi connectivity index (χ1n) is 8.06. The van der Waals surface area contributed by atoms with Gasteiger partial charge in [0, 0.05) is 17.7 Å². The van der Waals surface area contributed by atoms with E-state index in [0.717, 1.165) is 31.9 Å². The average Bonchev–Trinajstić information content (AvgIpc) is 2.98. The van der Waals surface area contributed by atoms with Gasteiger partial charge in [-0.3, -0.25) is 14.3 Å². The van der Waals surface area contributed by atoms with E-state index in [1.54, 1.807) is 6.92 Å². The molecule has 1 aromatic carbocycles. The summed E-state index contributed by atoms with van der Waals surface area (Å²) in [6, 6.07) is 6.02. The molecule has 6 nitrogen and oxygen atoms in total. The minimum atomic E-state index is -3.36. The summed E-state index contributed by atoms with van der Waals surface area (Å²) in [7, 11) is -3.36. The predicted molar refractivity (Wildman–Crippen MR) is 91.4 cm³/mol. The summed E-state index contributed by atoms with van der Waals surface area (Å²) in [5.74, 6) is -0.264. The summed E-state index contributed by atoms with van der Waals surface area (Å²) < 4.78 is 29.9. The molecule has 1 aliphatic rings. The molecule has 1 saturated carbocycles. The Kier molecular flexibility index (Phi) is 5.99. The molecule has 7 heteroatoms. The van der Waals surface area contributed by atoms with Gasteiger partial charge in [-0.15, -0.1) is 0 Å². The molecular weight excluding hydrogens is 330 g/mol. The van der Waals surface area contributed by atoms with Crippen LogP contribution in [0, 0.1) is 5.92 Å². The van der Waals surface area contributed by atoms with Gasteiger partial charge in [-0.25, -0.2) is 8.42 Å². The minimum Gasteiger partial charge on any atom is -0.454 e. The van der Waals surface area contributed by atoms with E-state index in [4.69, 9.17) is 4.74 Å². The van der Waals surface area contributed by atoms with E-state index in [9.17, 15) is 18.0 Å². The van der Waals surface area contributed by atoms with E-state index < -0.39 is 16.1 Å². The third kappa shape index (κ3) is 5.63. The highest BCUT2D eigenvalue weighted by atomic mass is 32.2. The summed E-state index contributed by atoms with van der Waals surface area (Å²) >= 11 is 0. The molecular formula is C17H23NO5S. The van der Waals surface area contributed by atoms with Crippen LogP contribution in [-0.4, -0.2) is 32.5 Å². The lowest BCUT2D eigenvalue weighted by Crippen LogP contribution is -2.25. The van der Waals surface area contributed by atoms with Crippen molar-refractivity contribution in [3.8, 4) is 0 Å². The zero-order valence-corrected chi connectivity index (χ0v) is 14.8. The normalized spacial score (nSPS) is 16.6. The van der Waals surface area contributed by atoms with Crippen LogP contribution in [0.4, 0.5) is 5.69 Å². The van der Waals surface area contributed by atoms with Crippen molar-refractivity contribution in [2.45, 2.75) is 45.1 Å². The second kappa shape index (κ2) is 7.79. The number of carbonyl (C=O) groups excluding carboxylic acids is 2. The molecule has 1 N–H and O–H groups in total. The molecule has 1 aromatic rings. The van der Waals surface area contributed by atoms with Crippen LogP contribution in [0.5, 0.6) is 0 Å². The van der Waals surface area contributed by atoms with Gasteiger partial charge >= 0.3 is 5.97 Å². The van der Waals surface area contributed by atoms with E-state index in [-0.39, 0.29) is 11.8 Å². The lowest BCUT2D eigenvalue weighted by atomic mass is 10.0. The molecule has 0 spiro atoms. The van der Waals surface area contributed by atoms with Crippen molar-refractivity contribution in [1.29, 1.82) is 0 Å². The molecule has 0 aromatic heterocycles. The third-order valence-corrected chi connectivity index (χ3v) is 4.69. The van der Waals surface area contributed by atoms with Crippen LogP contribution in [0.25, 0.3) is 0 Å².